The van der Waals surface area contributed by atoms with Crippen molar-refractivity contribution >= 4 is 34.1 Å². The minimum Gasteiger partial charge on any atom is -0.459 e. The van der Waals surface area contributed by atoms with E-state index in [4.69, 9.17) is 4.42 Å². The molecule has 1 aromatic carbocycles. The summed E-state index contributed by atoms with van der Waals surface area (Å²) in [4.78, 5) is 45.0. The number of nitrogens with one attached hydrogen (secondary N) is 1. The highest BCUT2D eigenvalue weighted by molar-refractivity contribution is 7.17. The molecule has 1 saturated heterocycles. The number of aromatic nitrogens is 1. The molecule has 0 radical (unpaired) electrons. The Morgan fingerprint density at radius 2 is 1.88 bits per heavy atom. The Balaban J connectivity index is 1.19. The first-order valence-electron chi connectivity index (χ1n) is 11.3. The number of nitrogens with zero attached hydrogens (tertiary/aromatic N) is 2. The maximum atomic E-state index is 13.2. The van der Waals surface area contributed by atoms with Crippen LogP contribution < -0.4 is 5.32 Å². The van der Waals surface area contributed by atoms with Gasteiger partial charge in [-0.05, 0) is 42.9 Å². The number of benzene rings is 1. The smallest absolute Gasteiger partial charge is 0.293 e. The van der Waals surface area contributed by atoms with Crippen LogP contribution in [-0.2, 0) is 17.6 Å². The maximum Gasteiger partial charge on any atom is 0.293 e. The Labute approximate surface area is 195 Å². The van der Waals surface area contributed by atoms with Gasteiger partial charge < -0.3 is 9.32 Å². The predicted molar refractivity (Wildman–Crippen MR) is 124 cm³/mol. The monoisotopic (exact) mass is 463 g/mol. The summed E-state index contributed by atoms with van der Waals surface area (Å²) in [6.07, 6.45) is 5.05. The highest BCUT2D eigenvalue weighted by Gasteiger charge is 2.36. The average molecular weight is 464 g/mol. The molecule has 3 aromatic rings. The molecule has 2 amide bonds. The predicted octanol–water partition coefficient (Wildman–Crippen LogP) is 4.21. The molecule has 0 bridgehead atoms. The largest absolute Gasteiger partial charge is 0.459 e. The number of Topliss-reactive ketones (excluding diaryl/α,β-unsaturated/α-hetero) is 1. The zero-order valence-corrected chi connectivity index (χ0v) is 19.0. The summed E-state index contributed by atoms with van der Waals surface area (Å²) < 4.78 is 5.09. The van der Waals surface area contributed by atoms with Gasteiger partial charge in [-0.25, -0.2) is 4.98 Å². The number of rotatable bonds is 5. The van der Waals surface area contributed by atoms with Gasteiger partial charge in [-0.1, -0.05) is 41.7 Å². The zero-order chi connectivity index (χ0) is 22.8. The highest BCUT2D eigenvalue weighted by Crippen LogP contribution is 2.34. The first-order valence-corrected chi connectivity index (χ1v) is 12.1. The first-order chi connectivity index (χ1) is 16.1. The number of piperidine rings is 1. The fourth-order valence-corrected chi connectivity index (χ4v) is 5.62. The van der Waals surface area contributed by atoms with E-state index in [0.717, 1.165) is 43.7 Å². The van der Waals surface area contributed by atoms with Gasteiger partial charge in [0.05, 0.1) is 22.8 Å². The van der Waals surface area contributed by atoms with Crippen LogP contribution in [-0.4, -0.2) is 40.6 Å². The Morgan fingerprint density at radius 3 is 2.61 bits per heavy atom. The van der Waals surface area contributed by atoms with Gasteiger partial charge in [-0.15, -0.1) is 0 Å². The van der Waals surface area contributed by atoms with Gasteiger partial charge in [0.15, 0.2) is 16.7 Å². The number of amides is 2. The van der Waals surface area contributed by atoms with Gasteiger partial charge in [0, 0.05) is 25.9 Å². The molecule has 1 N–H and O–H groups in total. The second-order valence-electron chi connectivity index (χ2n) is 8.71. The molecule has 170 valence electrons. The van der Waals surface area contributed by atoms with Crippen molar-refractivity contribution in [1.29, 1.82) is 0 Å². The number of anilines is 1. The van der Waals surface area contributed by atoms with Crippen molar-refractivity contribution in [1.82, 2.24) is 9.88 Å². The van der Waals surface area contributed by atoms with Crippen molar-refractivity contribution in [3.05, 3.63) is 70.6 Å². The van der Waals surface area contributed by atoms with E-state index < -0.39 is 5.91 Å². The van der Waals surface area contributed by atoms with Gasteiger partial charge in [0.2, 0.25) is 5.91 Å². The molecule has 5 rings (SSSR count). The molecule has 1 fully saturated rings. The minimum absolute atomic E-state index is 0.0429. The van der Waals surface area contributed by atoms with Gasteiger partial charge in [0.1, 0.15) is 0 Å². The van der Waals surface area contributed by atoms with Crippen molar-refractivity contribution in [3.63, 3.8) is 0 Å². The van der Waals surface area contributed by atoms with Crippen LogP contribution in [0, 0.1) is 11.8 Å². The molecular formula is C25H25N3O4S. The summed E-state index contributed by atoms with van der Waals surface area (Å²) in [7, 11) is 0. The van der Waals surface area contributed by atoms with Crippen LogP contribution in [0.15, 0.2) is 53.1 Å². The molecule has 8 heteroatoms. The van der Waals surface area contributed by atoms with Gasteiger partial charge in [-0.3, -0.25) is 19.7 Å². The van der Waals surface area contributed by atoms with Crippen LogP contribution in [0.3, 0.4) is 0 Å². The van der Waals surface area contributed by atoms with E-state index >= 15 is 0 Å². The third-order valence-corrected chi connectivity index (χ3v) is 7.48. The van der Waals surface area contributed by atoms with E-state index in [9.17, 15) is 14.4 Å². The van der Waals surface area contributed by atoms with E-state index in [2.05, 4.69) is 34.6 Å². The Bertz CT molecular complexity index is 1150. The van der Waals surface area contributed by atoms with Crippen molar-refractivity contribution in [2.24, 2.45) is 11.8 Å². The normalized spacial score (nSPS) is 18.7. The van der Waals surface area contributed by atoms with Crippen LogP contribution in [0.2, 0.25) is 0 Å². The summed E-state index contributed by atoms with van der Waals surface area (Å²) in [6, 6.07) is 13.7. The second kappa shape index (κ2) is 9.31. The van der Waals surface area contributed by atoms with E-state index in [1.807, 2.05) is 11.0 Å². The topological polar surface area (TPSA) is 92.5 Å². The maximum absolute atomic E-state index is 13.2. The van der Waals surface area contributed by atoms with Crippen molar-refractivity contribution in [2.75, 3.05) is 18.4 Å². The third kappa shape index (κ3) is 4.75. The Morgan fingerprint density at radius 1 is 1.09 bits per heavy atom. The molecule has 3 heterocycles. The number of furan rings is 1. The highest BCUT2D eigenvalue weighted by atomic mass is 32.1. The summed E-state index contributed by atoms with van der Waals surface area (Å²) in [5, 5.41) is 3.03. The molecular weight excluding hydrogens is 438 g/mol. The standard InChI is InChI=1S/C25H25N3O4S/c29-20-15-18(14-19-22(20)33-25(26-19)27-23(30)21-7-4-12-32-21)24(31)28-10-8-17(9-11-28)13-16-5-2-1-3-6-16/h1-7,12,17-18H,8-11,13-15H2,(H,26,27,30)/t18-/m0/s1. The molecule has 0 saturated carbocycles. The zero-order valence-electron chi connectivity index (χ0n) is 18.2. The number of likely N-dealkylation sites (tertiary alicyclic amines) is 1. The molecule has 1 atom stereocenters. The molecule has 2 aromatic heterocycles. The summed E-state index contributed by atoms with van der Waals surface area (Å²) in [5.41, 5.74) is 1.94. The summed E-state index contributed by atoms with van der Waals surface area (Å²) in [6.45, 7) is 1.46. The van der Waals surface area contributed by atoms with Crippen molar-refractivity contribution in [3.8, 4) is 0 Å². The van der Waals surface area contributed by atoms with Crippen LogP contribution in [0.1, 0.15) is 50.7 Å². The van der Waals surface area contributed by atoms with Crippen LogP contribution in [0.4, 0.5) is 5.13 Å². The number of carbonyl (C=O) groups is 3. The van der Waals surface area contributed by atoms with Gasteiger partial charge in [0.25, 0.3) is 5.91 Å². The van der Waals surface area contributed by atoms with E-state index in [1.54, 1.807) is 12.1 Å². The van der Waals surface area contributed by atoms with Crippen LogP contribution >= 0.6 is 11.3 Å². The lowest BCUT2D eigenvalue weighted by molar-refractivity contribution is -0.137. The number of ketones is 1. The lowest BCUT2D eigenvalue weighted by Gasteiger charge is -2.35. The molecule has 1 aliphatic carbocycles. The number of fused-ring (bicyclic) bond motifs is 1. The SMILES string of the molecule is O=C(Nc1nc2c(s1)C(=O)C[C@@H](C(=O)N1CCC(Cc3ccccc3)CC1)C2)c1ccco1. The molecule has 7 nitrogen and oxygen atoms in total. The lowest BCUT2D eigenvalue weighted by atomic mass is 9.86. The van der Waals surface area contributed by atoms with Gasteiger partial charge >= 0.3 is 0 Å². The molecule has 33 heavy (non-hydrogen) atoms. The number of carbonyl (C=O) groups excluding carboxylic acids is 3. The van der Waals surface area contributed by atoms with Crippen molar-refractivity contribution in [2.45, 2.75) is 32.1 Å². The first kappa shape index (κ1) is 21.6. The van der Waals surface area contributed by atoms with E-state index in [-0.39, 0.29) is 29.8 Å². The van der Waals surface area contributed by atoms with E-state index in [0.29, 0.717) is 28.0 Å². The van der Waals surface area contributed by atoms with Gasteiger partial charge in [-0.2, -0.15) is 0 Å². The minimum atomic E-state index is -0.412. The van der Waals surface area contributed by atoms with Crippen LogP contribution in [0.5, 0.6) is 0 Å². The average Bonchev–Trinajstić information content (AvgIpc) is 3.50. The van der Waals surface area contributed by atoms with Crippen LogP contribution in [0.25, 0.3) is 0 Å². The Kier molecular flexibility index (Phi) is 6.09. The fourth-order valence-electron chi connectivity index (χ4n) is 4.69. The van der Waals surface area contributed by atoms with Crippen molar-refractivity contribution < 1.29 is 18.8 Å². The molecule has 1 aliphatic heterocycles. The van der Waals surface area contributed by atoms with E-state index in [1.165, 1.54) is 11.8 Å². The quantitative estimate of drug-likeness (QED) is 0.612. The summed E-state index contributed by atoms with van der Waals surface area (Å²) >= 11 is 1.16. The fraction of sp³-hybridized carbons (Fsp3) is 0.360. The Hall–Kier alpha value is -3.26. The lowest BCUT2D eigenvalue weighted by Crippen LogP contribution is -2.44. The second-order valence-corrected chi connectivity index (χ2v) is 9.71. The number of hydrogen-bond acceptors (Lipinski definition) is 6. The number of hydrogen-bond donors (Lipinski definition) is 1. The number of thiazole rings is 1. The molecule has 0 spiro atoms. The molecule has 0 unspecified atom stereocenters. The third-order valence-electron chi connectivity index (χ3n) is 6.43. The molecule has 2 aliphatic rings. The summed E-state index contributed by atoms with van der Waals surface area (Å²) in [5.74, 6) is -0.0741.